The van der Waals surface area contributed by atoms with Crippen LogP contribution in [0.5, 0.6) is 0 Å². The van der Waals surface area contributed by atoms with Crippen LogP contribution in [0, 0.1) is 0 Å². The van der Waals surface area contributed by atoms with Crippen molar-refractivity contribution in [1.82, 2.24) is 9.97 Å². The summed E-state index contributed by atoms with van der Waals surface area (Å²) in [6.45, 7) is 2.24. The molecule has 1 atom stereocenters. The van der Waals surface area contributed by atoms with E-state index in [0.717, 1.165) is 25.3 Å². The largest absolute Gasteiger partial charge is 2.00 e. The van der Waals surface area contributed by atoms with Crippen molar-refractivity contribution in [3.63, 3.8) is 0 Å². The van der Waals surface area contributed by atoms with Crippen molar-refractivity contribution in [2.45, 2.75) is 96.5 Å². The molecule has 0 bridgehead atoms. The van der Waals surface area contributed by atoms with Crippen LogP contribution in [0.15, 0.2) is 18.6 Å². The van der Waals surface area contributed by atoms with E-state index < -0.39 is 18.0 Å². The van der Waals surface area contributed by atoms with Gasteiger partial charge in [0.2, 0.25) is 0 Å². The summed E-state index contributed by atoms with van der Waals surface area (Å²) in [6, 6.07) is 0. The summed E-state index contributed by atoms with van der Waals surface area (Å²) in [6.07, 6.45) is 19.3. The number of aliphatic hydroxyl groups excluding tert-OH is 1. The number of aliphatic carboxylic acids is 2. The van der Waals surface area contributed by atoms with Crippen molar-refractivity contribution in [1.29, 1.82) is 0 Å². The smallest absolute Gasteiger partial charge is 0.547 e. The Morgan fingerprint density at radius 1 is 1.00 bits per heavy atom. The van der Waals surface area contributed by atoms with E-state index in [1.54, 1.807) is 0 Å². The Labute approximate surface area is 190 Å². The second-order valence-electron chi connectivity index (χ2n) is 7.17. The average molecular weight is 463 g/mol. The number of nitrogens with one attached hydrogen (secondary N) is 1. The van der Waals surface area contributed by atoms with E-state index in [-0.39, 0.29) is 17.1 Å². The SMILES string of the molecule is CCCCCCCCCCCCCCC(O)C(=O)[O-].O=C([O-])C=Cc1cnc[nH]1.[Mn+2]. The Balaban J connectivity index is 0. The minimum absolute atomic E-state index is 0. The number of imidazole rings is 1. The van der Waals surface area contributed by atoms with Gasteiger partial charge in [-0.1, -0.05) is 84.0 Å². The van der Waals surface area contributed by atoms with Gasteiger partial charge < -0.3 is 29.9 Å². The standard InChI is InChI=1S/C16H32O3.C6H6N2O2.Mn/c1-2-3-4-5-6-7-8-9-10-11-12-13-14-15(17)16(18)19;9-6(10)2-1-5-3-7-4-8-5;/h15,17H,2-14H2,1H3,(H,18,19);1-4H,(H,7,8)(H,9,10);/q;;+2/p-2. The number of aliphatic hydroxyl groups is 1. The number of hydrogen-bond acceptors (Lipinski definition) is 6. The van der Waals surface area contributed by atoms with E-state index in [9.17, 15) is 19.8 Å². The third-order valence-electron chi connectivity index (χ3n) is 4.52. The van der Waals surface area contributed by atoms with E-state index >= 15 is 0 Å². The number of carboxylic acid groups (broad SMARTS) is 2. The minimum Gasteiger partial charge on any atom is -0.547 e. The molecule has 8 heteroatoms. The molecule has 0 fully saturated rings. The zero-order valence-electron chi connectivity index (χ0n) is 18.0. The third kappa shape index (κ3) is 21.1. The van der Waals surface area contributed by atoms with Gasteiger partial charge in [-0.05, 0) is 18.6 Å². The number of aromatic amines is 1. The zero-order chi connectivity index (χ0) is 21.7. The molecule has 0 aliphatic carbocycles. The first-order chi connectivity index (χ1) is 14.0. The van der Waals surface area contributed by atoms with Crippen molar-refractivity contribution >= 4 is 18.0 Å². The van der Waals surface area contributed by atoms with Gasteiger partial charge in [0.15, 0.2) is 0 Å². The number of nitrogens with zero attached hydrogens (tertiary/aromatic N) is 1. The summed E-state index contributed by atoms with van der Waals surface area (Å²) in [5, 5.41) is 29.2. The molecule has 1 aromatic heterocycles. The fraction of sp³-hybridized carbons (Fsp3) is 0.682. The molecule has 171 valence electrons. The van der Waals surface area contributed by atoms with Crippen molar-refractivity contribution < 1.29 is 42.0 Å². The number of aromatic nitrogens is 2. The molecule has 2 N–H and O–H groups in total. The third-order valence-corrected chi connectivity index (χ3v) is 4.52. The molecule has 30 heavy (non-hydrogen) atoms. The molecular weight excluding hydrogens is 427 g/mol. The predicted octanol–water partition coefficient (Wildman–Crippen LogP) is 2.36. The topological polar surface area (TPSA) is 129 Å². The molecule has 0 amide bonds. The van der Waals surface area contributed by atoms with E-state index in [1.807, 2.05) is 0 Å². The first-order valence-electron chi connectivity index (χ1n) is 10.7. The van der Waals surface area contributed by atoms with E-state index in [4.69, 9.17) is 5.11 Å². The Kier molecular flexibility index (Phi) is 22.5. The Hall–Kier alpha value is -1.63. The van der Waals surface area contributed by atoms with Crippen LogP contribution >= 0.6 is 0 Å². The minimum atomic E-state index is -1.34. The van der Waals surface area contributed by atoms with Gasteiger partial charge in [-0.2, -0.15) is 0 Å². The van der Waals surface area contributed by atoms with Crippen LogP contribution in [0.3, 0.4) is 0 Å². The van der Waals surface area contributed by atoms with Crippen LogP contribution in [0.25, 0.3) is 6.08 Å². The van der Waals surface area contributed by atoms with E-state index in [1.165, 1.54) is 76.4 Å². The number of carbonyl (C=O) groups is 2. The molecule has 1 aromatic rings. The fourth-order valence-corrected chi connectivity index (χ4v) is 2.81. The van der Waals surface area contributed by atoms with Crippen molar-refractivity contribution in [2.75, 3.05) is 0 Å². The van der Waals surface area contributed by atoms with Crippen LogP contribution in [0.4, 0.5) is 0 Å². The maximum Gasteiger partial charge on any atom is 2.00 e. The number of rotatable bonds is 16. The summed E-state index contributed by atoms with van der Waals surface area (Å²) in [5.41, 5.74) is 0.643. The Bertz CT molecular complexity index is 550. The van der Waals surface area contributed by atoms with Gasteiger partial charge in [-0.25, -0.2) is 4.98 Å². The number of H-pyrrole nitrogens is 1. The van der Waals surface area contributed by atoms with Crippen LogP contribution in [-0.2, 0) is 26.7 Å². The Morgan fingerprint density at radius 2 is 1.50 bits per heavy atom. The summed E-state index contributed by atoms with van der Waals surface area (Å²) >= 11 is 0. The van der Waals surface area contributed by atoms with Crippen LogP contribution < -0.4 is 10.2 Å². The quantitative estimate of drug-likeness (QED) is 0.220. The van der Waals surface area contributed by atoms with E-state index in [2.05, 4.69) is 16.9 Å². The molecule has 0 spiro atoms. The number of carboxylic acids is 2. The first kappa shape index (κ1) is 30.6. The molecule has 0 aliphatic rings. The monoisotopic (exact) mass is 463 g/mol. The van der Waals surface area contributed by atoms with Crippen molar-refractivity contribution in [3.8, 4) is 0 Å². The maximum absolute atomic E-state index is 10.3. The second kappa shape index (κ2) is 22.1. The summed E-state index contributed by atoms with van der Waals surface area (Å²) < 4.78 is 0. The van der Waals surface area contributed by atoms with Gasteiger partial charge >= 0.3 is 17.1 Å². The summed E-state index contributed by atoms with van der Waals surface area (Å²) in [7, 11) is 0. The normalized spacial score (nSPS) is 11.4. The van der Waals surface area contributed by atoms with Gasteiger partial charge in [-0.3, -0.25) is 0 Å². The fourth-order valence-electron chi connectivity index (χ4n) is 2.81. The molecule has 7 nitrogen and oxygen atoms in total. The van der Waals surface area contributed by atoms with Gasteiger partial charge in [0.25, 0.3) is 0 Å². The maximum atomic E-state index is 10.3. The molecule has 0 aliphatic heterocycles. The molecule has 0 saturated carbocycles. The summed E-state index contributed by atoms with van der Waals surface area (Å²) in [4.78, 5) is 26.5. The molecule has 1 radical (unpaired) electrons. The van der Waals surface area contributed by atoms with Crippen LogP contribution in [0.1, 0.15) is 96.1 Å². The van der Waals surface area contributed by atoms with Crippen molar-refractivity contribution in [3.05, 3.63) is 24.3 Å². The first-order valence-corrected chi connectivity index (χ1v) is 10.7. The zero-order valence-corrected chi connectivity index (χ0v) is 19.2. The molecule has 1 rings (SSSR count). The number of carbonyl (C=O) groups excluding carboxylic acids is 2. The summed E-state index contributed by atoms with van der Waals surface area (Å²) in [5.74, 6) is -2.56. The number of unbranched alkanes of at least 4 members (excludes halogenated alkanes) is 11. The molecule has 1 heterocycles. The molecule has 0 saturated heterocycles. The molecular formula is C22H36MnN2O5. The van der Waals surface area contributed by atoms with Crippen LogP contribution in [-0.4, -0.2) is 33.1 Å². The van der Waals surface area contributed by atoms with Gasteiger partial charge in [0.1, 0.15) is 0 Å². The molecule has 0 aromatic carbocycles. The average Bonchev–Trinajstić information content (AvgIpc) is 3.21. The van der Waals surface area contributed by atoms with Gasteiger partial charge in [0, 0.05) is 0 Å². The van der Waals surface area contributed by atoms with Gasteiger partial charge in [0.05, 0.1) is 36.3 Å². The van der Waals surface area contributed by atoms with Crippen molar-refractivity contribution in [2.24, 2.45) is 0 Å². The van der Waals surface area contributed by atoms with Crippen LogP contribution in [0.2, 0.25) is 0 Å². The predicted molar refractivity (Wildman–Crippen MR) is 109 cm³/mol. The Morgan fingerprint density at radius 3 is 1.90 bits per heavy atom. The molecule has 1 unspecified atom stereocenters. The number of hydrogen-bond donors (Lipinski definition) is 2. The van der Waals surface area contributed by atoms with Gasteiger partial charge in [-0.15, -0.1) is 0 Å². The van der Waals surface area contributed by atoms with E-state index in [0.29, 0.717) is 12.1 Å². The second-order valence-corrected chi connectivity index (χ2v) is 7.17.